The number of thiazole rings is 1. The third-order valence-electron chi connectivity index (χ3n) is 4.76. The second-order valence-corrected chi connectivity index (χ2v) is 7.61. The molecule has 3 nitrogen and oxygen atoms in total. The number of nitrogens with one attached hydrogen (secondary N) is 1. The van der Waals surface area contributed by atoms with Gasteiger partial charge in [0.05, 0.1) is 11.1 Å². The van der Waals surface area contributed by atoms with Gasteiger partial charge in [0.1, 0.15) is 0 Å². The fraction of sp³-hybridized carbons (Fsp3) is 0.812. The van der Waals surface area contributed by atoms with Gasteiger partial charge in [0.2, 0.25) is 0 Å². The first-order valence-corrected chi connectivity index (χ1v) is 8.96. The topological polar surface area (TPSA) is 45.1 Å². The van der Waals surface area contributed by atoms with E-state index in [0.29, 0.717) is 5.92 Å². The van der Waals surface area contributed by atoms with Gasteiger partial charge in [-0.25, -0.2) is 4.98 Å². The van der Waals surface area contributed by atoms with Crippen LogP contribution >= 0.6 is 11.3 Å². The Labute approximate surface area is 125 Å². The molecule has 2 aliphatic carbocycles. The molecule has 2 atom stereocenters. The summed E-state index contributed by atoms with van der Waals surface area (Å²) in [5, 5.41) is 14.6. The lowest BCUT2D eigenvalue weighted by Gasteiger charge is -2.25. The van der Waals surface area contributed by atoms with Crippen LogP contribution in [0.2, 0.25) is 0 Å². The van der Waals surface area contributed by atoms with Gasteiger partial charge in [-0.1, -0.05) is 19.3 Å². The first-order chi connectivity index (χ1) is 9.81. The van der Waals surface area contributed by atoms with Crippen LogP contribution in [0.4, 0.5) is 0 Å². The number of nitrogens with zero attached hydrogens (tertiary/aromatic N) is 1. The minimum atomic E-state index is -0.0621. The van der Waals surface area contributed by atoms with Crippen LogP contribution in [-0.2, 0) is 6.54 Å². The highest BCUT2D eigenvalue weighted by atomic mass is 32.1. The van der Waals surface area contributed by atoms with E-state index >= 15 is 0 Å². The van der Waals surface area contributed by atoms with E-state index in [4.69, 9.17) is 0 Å². The quantitative estimate of drug-likeness (QED) is 0.874. The van der Waals surface area contributed by atoms with Crippen molar-refractivity contribution >= 4 is 11.3 Å². The van der Waals surface area contributed by atoms with Crippen LogP contribution in [0, 0.1) is 5.92 Å². The molecule has 0 aromatic carbocycles. The average Bonchev–Trinajstić information content (AvgIpc) is 3.09. The maximum Gasteiger partial charge on any atom is 0.0959 e. The number of hydrogen-bond acceptors (Lipinski definition) is 4. The molecule has 2 saturated carbocycles. The lowest BCUT2D eigenvalue weighted by molar-refractivity contribution is 0.101. The van der Waals surface area contributed by atoms with Gasteiger partial charge in [0.25, 0.3) is 0 Å². The standard InChI is InChI=1S/C16H26N2OS/c19-14-7-3-4-12(8-14)9-17-10-15-11-18-16(20-15)13-5-1-2-6-13/h11-14,17,19H,1-10H2. The van der Waals surface area contributed by atoms with Crippen LogP contribution in [0.25, 0.3) is 0 Å². The largest absolute Gasteiger partial charge is 0.393 e. The van der Waals surface area contributed by atoms with Crippen LogP contribution < -0.4 is 5.32 Å². The third-order valence-corrected chi connectivity index (χ3v) is 5.92. The molecule has 3 rings (SSSR count). The van der Waals surface area contributed by atoms with E-state index < -0.39 is 0 Å². The molecule has 4 heteroatoms. The first-order valence-electron chi connectivity index (χ1n) is 8.14. The Morgan fingerprint density at radius 1 is 1.20 bits per heavy atom. The number of rotatable bonds is 5. The number of aliphatic hydroxyl groups excluding tert-OH is 1. The second kappa shape index (κ2) is 7.01. The number of aromatic nitrogens is 1. The predicted molar refractivity (Wildman–Crippen MR) is 83.0 cm³/mol. The van der Waals surface area contributed by atoms with Gasteiger partial charge in [-0.3, -0.25) is 0 Å². The summed E-state index contributed by atoms with van der Waals surface area (Å²) >= 11 is 1.89. The van der Waals surface area contributed by atoms with E-state index in [1.165, 1.54) is 48.4 Å². The van der Waals surface area contributed by atoms with Crippen LogP contribution in [0.3, 0.4) is 0 Å². The highest BCUT2D eigenvalue weighted by Gasteiger charge is 2.21. The molecule has 0 bridgehead atoms. The maximum absolute atomic E-state index is 9.68. The van der Waals surface area contributed by atoms with E-state index in [-0.39, 0.29) is 6.10 Å². The third kappa shape index (κ3) is 3.80. The van der Waals surface area contributed by atoms with Crippen molar-refractivity contribution in [2.75, 3.05) is 6.54 Å². The maximum atomic E-state index is 9.68. The van der Waals surface area contributed by atoms with Crippen molar-refractivity contribution in [3.05, 3.63) is 16.1 Å². The molecule has 0 aliphatic heterocycles. The van der Waals surface area contributed by atoms with Gasteiger partial charge in [0, 0.05) is 23.5 Å². The van der Waals surface area contributed by atoms with Gasteiger partial charge in [-0.05, 0) is 44.6 Å². The Morgan fingerprint density at radius 2 is 2.05 bits per heavy atom. The highest BCUT2D eigenvalue weighted by molar-refractivity contribution is 7.11. The Bertz CT molecular complexity index is 414. The molecule has 2 aliphatic rings. The predicted octanol–water partition coefficient (Wildman–Crippen LogP) is 3.44. The van der Waals surface area contributed by atoms with E-state index in [1.54, 1.807) is 0 Å². The molecule has 1 aromatic rings. The zero-order valence-corrected chi connectivity index (χ0v) is 13.0. The fourth-order valence-electron chi connectivity index (χ4n) is 3.61. The average molecular weight is 294 g/mol. The van der Waals surface area contributed by atoms with Crippen molar-refractivity contribution in [2.45, 2.75) is 69.9 Å². The molecule has 0 spiro atoms. The molecule has 2 N–H and O–H groups in total. The Morgan fingerprint density at radius 3 is 2.85 bits per heavy atom. The normalized spacial score (nSPS) is 28.1. The summed E-state index contributed by atoms with van der Waals surface area (Å²) in [7, 11) is 0. The summed E-state index contributed by atoms with van der Waals surface area (Å²) in [6.07, 6.45) is 11.8. The van der Waals surface area contributed by atoms with Gasteiger partial charge in [-0.15, -0.1) is 11.3 Å². The molecule has 0 radical (unpaired) electrons. The summed E-state index contributed by atoms with van der Waals surface area (Å²) < 4.78 is 0. The zero-order chi connectivity index (χ0) is 13.8. The van der Waals surface area contributed by atoms with Gasteiger partial charge >= 0.3 is 0 Å². The van der Waals surface area contributed by atoms with E-state index in [0.717, 1.165) is 31.8 Å². The summed E-state index contributed by atoms with van der Waals surface area (Å²) in [6, 6.07) is 0. The number of aliphatic hydroxyl groups is 1. The summed E-state index contributed by atoms with van der Waals surface area (Å²) in [5.41, 5.74) is 0. The van der Waals surface area contributed by atoms with Crippen molar-refractivity contribution < 1.29 is 5.11 Å². The lowest BCUT2D eigenvalue weighted by atomic mass is 9.87. The van der Waals surface area contributed by atoms with Gasteiger partial charge in [-0.2, -0.15) is 0 Å². The Hall–Kier alpha value is -0.450. The monoisotopic (exact) mass is 294 g/mol. The SMILES string of the molecule is OC1CCCC(CNCc2cnc(C3CCCC3)s2)C1. The Balaban J connectivity index is 1.42. The van der Waals surface area contributed by atoms with E-state index in [9.17, 15) is 5.11 Å². The second-order valence-electron chi connectivity index (χ2n) is 6.46. The molecule has 2 fully saturated rings. The molecule has 0 saturated heterocycles. The summed E-state index contributed by atoms with van der Waals surface area (Å²) in [4.78, 5) is 5.98. The van der Waals surface area contributed by atoms with Crippen molar-refractivity contribution in [3.8, 4) is 0 Å². The molecule has 1 heterocycles. The van der Waals surface area contributed by atoms with Crippen molar-refractivity contribution in [2.24, 2.45) is 5.92 Å². The molecule has 112 valence electrons. The van der Waals surface area contributed by atoms with Crippen LogP contribution in [0.5, 0.6) is 0 Å². The highest BCUT2D eigenvalue weighted by Crippen LogP contribution is 2.36. The van der Waals surface area contributed by atoms with E-state index in [2.05, 4.69) is 16.5 Å². The molecular formula is C16H26N2OS. The lowest BCUT2D eigenvalue weighted by Crippen LogP contribution is -2.28. The van der Waals surface area contributed by atoms with Crippen molar-refractivity contribution in [1.82, 2.24) is 10.3 Å². The molecule has 0 amide bonds. The molecule has 20 heavy (non-hydrogen) atoms. The van der Waals surface area contributed by atoms with Gasteiger partial charge < -0.3 is 10.4 Å². The Kier molecular flexibility index (Phi) is 5.08. The fourth-order valence-corrected chi connectivity index (χ4v) is 4.67. The minimum absolute atomic E-state index is 0.0621. The molecule has 1 aromatic heterocycles. The van der Waals surface area contributed by atoms with Gasteiger partial charge in [0.15, 0.2) is 0 Å². The number of hydrogen-bond donors (Lipinski definition) is 2. The van der Waals surface area contributed by atoms with E-state index in [1.807, 2.05) is 11.3 Å². The zero-order valence-electron chi connectivity index (χ0n) is 12.2. The van der Waals surface area contributed by atoms with Crippen LogP contribution in [0.1, 0.15) is 67.2 Å². The van der Waals surface area contributed by atoms with Crippen molar-refractivity contribution in [3.63, 3.8) is 0 Å². The smallest absolute Gasteiger partial charge is 0.0959 e. The van der Waals surface area contributed by atoms with Crippen LogP contribution in [-0.4, -0.2) is 22.7 Å². The molecule has 2 unspecified atom stereocenters. The first kappa shape index (κ1) is 14.5. The van der Waals surface area contributed by atoms with Crippen LogP contribution in [0.15, 0.2) is 6.20 Å². The summed E-state index contributed by atoms with van der Waals surface area (Å²) in [5.74, 6) is 1.39. The minimum Gasteiger partial charge on any atom is -0.393 e. The summed E-state index contributed by atoms with van der Waals surface area (Å²) in [6.45, 7) is 1.98. The molecular weight excluding hydrogens is 268 g/mol. The van der Waals surface area contributed by atoms with Crippen molar-refractivity contribution in [1.29, 1.82) is 0 Å².